The van der Waals surface area contributed by atoms with Gasteiger partial charge in [0.25, 0.3) is 0 Å². The van der Waals surface area contributed by atoms with E-state index in [4.69, 9.17) is 33.5 Å². The van der Waals surface area contributed by atoms with Crippen molar-refractivity contribution in [3.8, 4) is 0 Å². The minimum atomic E-state index is -0.856. The molecule has 1 amide bonds. The molecule has 1 heterocycles. The van der Waals surface area contributed by atoms with E-state index in [-0.39, 0.29) is 12.3 Å². The van der Waals surface area contributed by atoms with Gasteiger partial charge in [-0.15, -0.1) is 0 Å². The van der Waals surface area contributed by atoms with Gasteiger partial charge in [0, 0.05) is 18.5 Å². The number of likely N-dealkylation sites (tertiary alicyclic amines) is 1. The molecule has 2 fully saturated rings. The average molecular weight is 410 g/mol. The van der Waals surface area contributed by atoms with Gasteiger partial charge in [0.1, 0.15) is 5.60 Å². The Labute approximate surface area is 168 Å². The number of nitrogens with zero attached hydrogens (tertiary/aromatic N) is 3. The third-order valence-electron chi connectivity index (χ3n) is 5.43. The molecule has 0 spiro atoms. The number of piperidine rings is 1. The molecule has 0 unspecified atom stereocenters. The maximum atomic E-state index is 12.8. The monoisotopic (exact) mass is 409 g/mol. The van der Waals surface area contributed by atoms with Gasteiger partial charge < -0.3 is 15.2 Å². The van der Waals surface area contributed by atoms with Gasteiger partial charge in [-0.05, 0) is 51.3 Å². The second-order valence-corrected chi connectivity index (χ2v) is 9.04. The van der Waals surface area contributed by atoms with E-state index in [0.29, 0.717) is 29.4 Å². The molecular weight excluding hydrogens is 389 g/mol. The van der Waals surface area contributed by atoms with E-state index in [1.807, 2.05) is 6.07 Å². The summed E-state index contributed by atoms with van der Waals surface area (Å²) >= 11 is 12.2. The van der Waals surface area contributed by atoms with Crippen LogP contribution in [0.4, 0.5) is 4.79 Å². The van der Waals surface area contributed by atoms with E-state index < -0.39 is 22.5 Å². The fourth-order valence-electron chi connectivity index (χ4n) is 4.11. The van der Waals surface area contributed by atoms with Crippen LogP contribution in [0.25, 0.3) is 5.53 Å². The van der Waals surface area contributed by atoms with Gasteiger partial charge in [-0.3, -0.25) is 4.79 Å². The molecule has 2 aliphatic rings. The van der Waals surface area contributed by atoms with Crippen LogP contribution in [-0.2, 0) is 14.9 Å². The third kappa shape index (κ3) is 3.38. The van der Waals surface area contributed by atoms with Gasteiger partial charge in [-0.1, -0.05) is 29.3 Å². The number of amides is 1. The summed E-state index contributed by atoms with van der Waals surface area (Å²) in [4.78, 5) is 29.8. The highest BCUT2D eigenvalue weighted by Crippen LogP contribution is 2.69. The van der Waals surface area contributed by atoms with Gasteiger partial charge in [-0.2, -0.15) is 4.79 Å². The summed E-state index contributed by atoms with van der Waals surface area (Å²) in [7, 11) is 0. The van der Waals surface area contributed by atoms with E-state index in [2.05, 4.69) is 4.79 Å². The Morgan fingerprint density at radius 2 is 2.00 bits per heavy atom. The summed E-state index contributed by atoms with van der Waals surface area (Å²) in [6.07, 6.45) is 1.58. The minimum absolute atomic E-state index is 0.201. The summed E-state index contributed by atoms with van der Waals surface area (Å²) in [6, 6.07) is 5.35. The lowest BCUT2D eigenvalue weighted by molar-refractivity contribution is -0.123. The fourth-order valence-corrected chi connectivity index (χ4v) is 4.41. The highest BCUT2D eigenvalue weighted by Gasteiger charge is 2.74. The van der Waals surface area contributed by atoms with Crippen molar-refractivity contribution in [1.82, 2.24) is 4.90 Å². The zero-order valence-corrected chi connectivity index (χ0v) is 17.0. The molecule has 0 N–H and O–H groups in total. The lowest BCUT2D eigenvalue weighted by Gasteiger charge is -2.37. The second-order valence-electron chi connectivity index (χ2n) is 8.23. The van der Waals surface area contributed by atoms with Crippen molar-refractivity contribution in [3.05, 3.63) is 39.3 Å². The quantitative estimate of drug-likeness (QED) is 0.427. The molecule has 144 valence electrons. The number of hydrogen-bond acceptors (Lipinski definition) is 3. The average Bonchev–Trinajstić information content (AvgIpc) is 3.27. The first-order valence-corrected chi connectivity index (χ1v) is 9.46. The summed E-state index contributed by atoms with van der Waals surface area (Å²) in [6.45, 7) is 6.05. The zero-order chi connectivity index (χ0) is 20.0. The molecule has 6 nitrogen and oxygen atoms in total. The van der Waals surface area contributed by atoms with Crippen molar-refractivity contribution in [2.75, 3.05) is 13.1 Å². The molecule has 3 rings (SSSR count). The first kappa shape index (κ1) is 19.9. The smallest absolute Gasteiger partial charge is 0.410 e. The minimum Gasteiger partial charge on any atom is -0.444 e. The van der Waals surface area contributed by atoms with Crippen LogP contribution in [0, 0.1) is 5.41 Å². The maximum Gasteiger partial charge on any atom is 0.410 e. The van der Waals surface area contributed by atoms with E-state index in [1.54, 1.807) is 37.8 Å². The molecule has 1 saturated carbocycles. The van der Waals surface area contributed by atoms with Gasteiger partial charge in [-0.25, -0.2) is 4.79 Å². The van der Waals surface area contributed by atoms with Crippen LogP contribution in [0.5, 0.6) is 0 Å². The Balaban J connectivity index is 1.94. The normalized spacial score (nSPS) is 26.6. The van der Waals surface area contributed by atoms with Crippen LogP contribution < -0.4 is 0 Å². The van der Waals surface area contributed by atoms with Crippen molar-refractivity contribution in [1.29, 1.82) is 0 Å². The predicted octanol–water partition coefficient (Wildman–Crippen LogP) is 4.13. The molecule has 27 heavy (non-hydrogen) atoms. The number of fused-ring (bicyclic) bond motifs is 1. The molecule has 0 bridgehead atoms. The molecule has 1 aliphatic heterocycles. The van der Waals surface area contributed by atoms with E-state index in [0.717, 1.165) is 11.8 Å². The molecule has 0 aromatic heterocycles. The van der Waals surface area contributed by atoms with Crippen LogP contribution in [0.3, 0.4) is 0 Å². The highest BCUT2D eigenvalue weighted by molar-refractivity contribution is 6.42. The molecule has 2 atom stereocenters. The van der Waals surface area contributed by atoms with Gasteiger partial charge >= 0.3 is 12.3 Å². The Morgan fingerprint density at radius 3 is 2.59 bits per heavy atom. The van der Waals surface area contributed by atoms with Gasteiger partial charge in [0.2, 0.25) is 5.78 Å². The standard InChI is InChI=1S/C19H21Cl2N3O3/c1-17(2,3)27-16(26)24-7-6-18(12-4-5-13(20)14(21)8-12)10-19(18,11-24)15(25)9-23-22/h4-5,8-9H,6-7,10-11H2,1-3H3/t18-,19-/m0/s1. The summed E-state index contributed by atoms with van der Waals surface area (Å²) in [5, 5.41) is 0.861. The molecular formula is C19H21Cl2N3O3. The van der Waals surface area contributed by atoms with Crippen molar-refractivity contribution < 1.29 is 19.1 Å². The van der Waals surface area contributed by atoms with Crippen LogP contribution in [0.1, 0.15) is 39.2 Å². The van der Waals surface area contributed by atoms with Crippen LogP contribution in [0.15, 0.2) is 18.2 Å². The number of hydrogen-bond donors (Lipinski definition) is 0. The maximum absolute atomic E-state index is 12.8. The van der Waals surface area contributed by atoms with Gasteiger partial charge in [0.15, 0.2) is 0 Å². The SMILES string of the molecule is CC(C)(C)OC(=O)N1CC[C@@]2(c3ccc(Cl)c(Cl)c3)C[C@@]2(C(=O)C=[N+]=[N-])C1. The zero-order valence-electron chi connectivity index (χ0n) is 15.5. The number of halogens is 2. The second kappa shape index (κ2) is 6.62. The van der Waals surface area contributed by atoms with E-state index >= 15 is 0 Å². The molecule has 1 aliphatic carbocycles. The Bertz CT molecular complexity index is 860. The Kier molecular flexibility index (Phi) is 4.87. The number of benzene rings is 1. The molecule has 1 saturated heterocycles. The number of ether oxygens (including phenoxy) is 1. The number of ketones is 1. The lowest BCUT2D eigenvalue weighted by Crippen LogP contribution is -2.49. The van der Waals surface area contributed by atoms with Crippen LogP contribution >= 0.6 is 23.2 Å². The first-order chi connectivity index (χ1) is 12.5. The van der Waals surface area contributed by atoms with Crippen molar-refractivity contribution in [3.63, 3.8) is 0 Å². The Morgan fingerprint density at radius 1 is 1.30 bits per heavy atom. The van der Waals surface area contributed by atoms with Crippen LogP contribution in [0.2, 0.25) is 10.0 Å². The molecule has 1 aromatic rings. The Hall–Kier alpha value is -1.88. The highest BCUT2D eigenvalue weighted by atomic mass is 35.5. The van der Waals surface area contributed by atoms with Gasteiger partial charge in [0.05, 0.1) is 15.5 Å². The summed E-state index contributed by atoms with van der Waals surface area (Å²) in [5.41, 5.74) is 7.83. The van der Waals surface area contributed by atoms with E-state index in [1.165, 1.54) is 0 Å². The lowest BCUT2D eigenvalue weighted by atomic mass is 9.78. The summed E-state index contributed by atoms with van der Waals surface area (Å²) < 4.78 is 5.46. The number of Topliss-reactive ketones (excluding diaryl/α,β-unsaturated/α-hetero) is 1. The summed E-state index contributed by atoms with van der Waals surface area (Å²) in [5.74, 6) is -0.315. The van der Waals surface area contributed by atoms with E-state index in [9.17, 15) is 9.59 Å². The van der Waals surface area contributed by atoms with Crippen LogP contribution in [-0.4, -0.2) is 46.5 Å². The van der Waals surface area contributed by atoms with Crippen molar-refractivity contribution >= 4 is 41.3 Å². The van der Waals surface area contributed by atoms with Crippen molar-refractivity contribution in [2.45, 2.75) is 44.6 Å². The molecule has 1 aromatic carbocycles. The fraction of sp³-hybridized carbons (Fsp3) is 0.526. The predicted molar refractivity (Wildman–Crippen MR) is 102 cm³/mol. The molecule has 0 radical (unpaired) electrons. The number of carbonyl (C=O) groups excluding carboxylic acids is 2. The number of carbonyl (C=O) groups is 2. The van der Waals surface area contributed by atoms with Crippen molar-refractivity contribution in [2.24, 2.45) is 5.41 Å². The third-order valence-corrected chi connectivity index (χ3v) is 6.17. The first-order valence-electron chi connectivity index (χ1n) is 8.70. The topological polar surface area (TPSA) is 83.0 Å². The largest absolute Gasteiger partial charge is 0.444 e. The number of rotatable bonds is 3. The molecule has 8 heteroatoms.